The van der Waals surface area contributed by atoms with Gasteiger partial charge in [-0.3, -0.25) is 15.0 Å². The van der Waals surface area contributed by atoms with Gasteiger partial charge in [0.1, 0.15) is 0 Å². The Morgan fingerprint density at radius 1 is 1.13 bits per heavy atom. The highest BCUT2D eigenvalue weighted by Gasteiger charge is 2.51. The van der Waals surface area contributed by atoms with Crippen LogP contribution in [0, 0.1) is 0 Å². The first-order valence-corrected chi connectivity index (χ1v) is 5.70. The predicted molar refractivity (Wildman–Crippen MR) is 62.7 cm³/mol. The van der Waals surface area contributed by atoms with Gasteiger partial charge in [0.15, 0.2) is 0 Å². The van der Waals surface area contributed by atoms with E-state index in [1.165, 1.54) is 5.01 Å². The summed E-state index contributed by atoms with van der Waals surface area (Å²) >= 11 is 6.05. The Morgan fingerprint density at radius 3 is 2.20 bits per heavy atom. The summed E-state index contributed by atoms with van der Waals surface area (Å²) in [7, 11) is 0. The average molecular weight is 334 g/mol. The zero-order chi connectivity index (χ0) is 11.1. The molecule has 0 bridgehead atoms. The van der Waals surface area contributed by atoms with Crippen LogP contribution in [0.1, 0.15) is 0 Å². The standard InChI is InChI=1S/C9H6Br2N2O2/c10-9(11)7(14)12-13(8(9)15)6-4-2-1-3-5-6/h1-5H,(H,12,14). The molecule has 0 spiro atoms. The molecule has 78 valence electrons. The summed E-state index contributed by atoms with van der Waals surface area (Å²) in [6, 6.07) is 8.88. The highest BCUT2D eigenvalue weighted by Crippen LogP contribution is 2.34. The molecule has 0 atom stereocenters. The molecule has 0 aliphatic carbocycles. The van der Waals surface area contributed by atoms with Crippen molar-refractivity contribution >= 4 is 49.4 Å². The first-order chi connectivity index (χ1) is 7.03. The molecule has 0 unspecified atom stereocenters. The van der Waals surface area contributed by atoms with Gasteiger partial charge in [0.05, 0.1) is 5.69 Å². The van der Waals surface area contributed by atoms with Crippen molar-refractivity contribution in [1.82, 2.24) is 5.43 Å². The number of halogens is 2. The van der Waals surface area contributed by atoms with Gasteiger partial charge in [-0.05, 0) is 12.1 Å². The number of nitrogens with zero attached hydrogens (tertiary/aromatic N) is 1. The Kier molecular flexibility index (Phi) is 2.56. The normalized spacial score (nSPS) is 19.2. The number of carbonyl (C=O) groups excluding carboxylic acids is 2. The van der Waals surface area contributed by atoms with Gasteiger partial charge < -0.3 is 0 Å². The summed E-state index contributed by atoms with van der Waals surface area (Å²) in [6.07, 6.45) is 0. The van der Waals surface area contributed by atoms with Crippen LogP contribution in [0.3, 0.4) is 0 Å². The summed E-state index contributed by atoms with van der Waals surface area (Å²) in [5.41, 5.74) is 3.08. The fourth-order valence-corrected chi connectivity index (χ4v) is 1.75. The van der Waals surface area contributed by atoms with Gasteiger partial charge in [-0.15, -0.1) is 0 Å². The Labute approximate surface area is 103 Å². The molecule has 0 saturated carbocycles. The SMILES string of the molecule is O=C1NN(c2ccccc2)C(=O)C1(Br)Br. The van der Waals surface area contributed by atoms with Crippen molar-refractivity contribution in [2.75, 3.05) is 5.01 Å². The summed E-state index contributed by atoms with van der Waals surface area (Å²) in [5.74, 6) is -0.824. The number of anilines is 1. The minimum absolute atomic E-state index is 0.390. The molecule has 1 aromatic rings. The van der Waals surface area contributed by atoms with Crippen molar-refractivity contribution in [3.63, 3.8) is 0 Å². The second-order valence-corrected chi connectivity index (χ2v) is 6.43. The van der Waals surface area contributed by atoms with E-state index in [1.54, 1.807) is 24.3 Å². The van der Waals surface area contributed by atoms with Crippen molar-refractivity contribution in [1.29, 1.82) is 0 Å². The fraction of sp³-hybridized carbons (Fsp3) is 0.111. The van der Waals surface area contributed by atoms with Crippen molar-refractivity contribution in [3.8, 4) is 0 Å². The number of carbonyl (C=O) groups is 2. The summed E-state index contributed by atoms with van der Waals surface area (Å²) < 4.78 is -1.35. The van der Waals surface area contributed by atoms with Crippen LogP contribution in [0.25, 0.3) is 0 Å². The maximum Gasteiger partial charge on any atom is 0.283 e. The molecule has 1 heterocycles. The lowest BCUT2D eigenvalue weighted by molar-refractivity contribution is -0.122. The van der Waals surface area contributed by atoms with E-state index in [0.29, 0.717) is 5.69 Å². The fourth-order valence-electron chi connectivity index (χ4n) is 1.22. The molecule has 1 aromatic carbocycles. The van der Waals surface area contributed by atoms with E-state index in [-0.39, 0.29) is 0 Å². The van der Waals surface area contributed by atoms with Gasteiger partial charge in [-0.2, -0.15) is 0 Å². The molecule has 1 fully saturated rings. The lowest BCUT2D eigenvalue weighted by Crippen LogP contribution is -2.36. The van der Waals surface area contributed by atoms with E-state index < -0.39 is 15.0 Å². The first-order valence-electron chi connectivity index (χ1n) is 4.12. The number of hydrogen-bond donors (Lipinski definition) is 1. The van der Waals surface area contributed by atoms with E-state index in [2.05, 4.69) is 37.3 Å². The molecular weight excluding hydrogens is 328 g/mol. The number of hydrazine groups is 1. The van der Waals surface area contributed by atoms with Crippen LogP contribution in [0.4, 0.5) is 5.69 Å². The van der Waals surface area contributed by atoms with Crippen molar-refractivity contribution in [2.45, 2.75) is 3.23 Å². The molecule has 0 radical (unpaired) electrons. The van der Waals surface area contributed by atoms with Crippen LogP contribution in [0.15, 0.2) is 30.3 Å². The maximum atomic E-state index is 11.8. The van der Waals surface area contributed by atoms with Crippen LogP contribution < -0.4 is 10.4 Å². The molecule has 6 heteroatoms. The number of amides is 2. The summed E-state index contributed by atoms with van der Waals surface area (Å²) in [6.45, 7) is 0. The highest BCUT2D eigenvalue weighted by molar-refractivity contribution is 9.26. The monoisotopic (exact) mass is 332 g/mol. The number of hydrogen-bond acceptors (Lipinski definition) is 2. The van der Waals surface area contributed by atoms with Crippen LogP contribution in [0.5, 0.6) is 0 Å². The van der Waals surface area contributed by atoms with Crippen molar-refractivity contribution in [3.05, 3.63) is 30.3 Å². The Bertz CT molecular complexity index is 419. The molecule has 15 heavy (non-hydrogen) atoms. The van der Waals surface area contributed by atoms with E-state index in [4.69, 9.17) is 0 Å². The van der Waals surface area contributed by atoms with Gasteiger partial charge in [-0.1, -0.05) is 50.1 Å². The Morgan fingerprint density at radius 2 is 1.73 bits per heavy atom. The average Bonchev–Trinajstić information content (AvgIpc) is 2.44. The smallest absolute Gasteiger partial charge is 0.270 e. The molecule has 1 aliphatic rings. The summed E-state index contributed by atoms with van der Waals surface area (Å²) in [5, 5.41) is 1.20. The van der Waals surface area contributed by atoms with E-state index in [1.807, 2.05) is 6.07 Å². The predicted octanol–water partition coefficient (Wildman–Crippen LogP) is 1.55. The zero-order valence-electron chi connectivity index (χ0n) is 7.41. The number of benzene rings is 1. The van der Waals surface area contributed by atoms with Crippen LogP contribution in [-0.2, 0) is 9.59 Å². The number of alkyl halides is 2. The molecule has 1 saturated heterocycles. The molecule has 1 N–H and O–H groups in total. The van der Waals surface area contributed by atoms with E-state index >= 15 is 0 Å². The minimum atomic E-state index is -1.35. The third-order valence-electron chi connectivity index (χ3n) is 1.98. The quantitative estimate of drug-likeness (QED) is 0.626. The Balaban J connectivity index is 2.36. The van der Waals surface area contributed by atoms with Crippen molar-refractivity contribution < 1.29 is 9.59 Å². The Hall–Kier alpha value is -0.880. The van der Waals surface area contributed by atoms with E-state index in [9.17, 15) is 9.59 Å². The van der Waals surface area contributed by atoms with Crippen LogP contribution in [0.2, 0.25) is 0 Å². The third-order valence-corrected chi connectivity index (χ3v) is 3.38. The first kappa shape index (κ1) is 10.6. The summed E-state index contributed by atoms with van der Waals surface area (Å²) in [4.78, 5) is 23.2. The second kappa shape index (κ2) is 3.61. The van der Waals surface area contributed by atoms with Gasteiger partial charge in [0, 0.05) is 0 Å². The topological polar surface area (TPSA) is 49.4 Å². The molecule has 2 rings (SSSR count). The van der Waals surface area contributed by atoms with Gasteiger partial charge in [-0.25, -0.2) is 5.01 Å². The largest absolute Gasteiger partial charge is 0.283 e. The third kappa shape index (κ3) is 1.68. The van der Waals surface area contributed by atoms with Crippen LogP contribution in [-0.4, -0.2) is 15.0 Å². The highest BCUT2D eigenvalue weighted by atomic mass is 79.9. The lowest BCUT2D eigenvalue weighted by Gasteiger charge is -2.15. The number of para-hydroxylation sites is 1. The zero-order valence-corrected chi connectivity index (χ0v) is 10.6. The molecule has 2 amide bonds. The molecular formula is C9H6Br2N2O2. The number of nitrogens with one attached hydrogen (secondary N) is 1. The van der Waals surface area contributed by atoms with Gasteiger partial charge in [0.25, 0.3) is 11.8 Å². The van der Waals surface area contributed by atoms with Crippen molar-refractivity contribution in [2.24, 2.45) is 0 Å². The lowest BCUT2D eigenvalue weighted by atomic mass is 10.3. The van der Waals surface area contributed by atoms with Gasteiger partial charge >= 0.3 is 0 Å². The molecule has 0 aromatic heterocycles. The minimum Gasteiger partial charge on any atom is -0.270 e. The van der Waals surface area contributed by atoms with Gasteiger partial charge in [0.2, 0.25) is 3.23 Å². The maximum absolute atomic E-state index is 11.8. The number of rotatable bonds is 1. The second-order valence-electron chi connectivity index (χ2n) is 2.99. The molecule has 4 nitrogen and oxygen atoms in total. The van der Waals surface area contributed by atoms with E-state index in [0.717, 1.165) is 0 Å². The van der Waals surface area contributed by atoms with Crippen LogP contribution >= 0.6 is 31.9 Å². The molecule has 1 aliphatic heterocycles.